The van der Waals surface area contributed by atoms with E-state index in [1.807, 2.05) is 13.2 Å². The van der Waals surface area contributed by atoms with E-state index in [1.54, 1.807) is 4.68 Å². The zero-order chi connectivity index (χ0) is 6.97. The molecule has 0 saturated carbocycles. The van der Waals surface area contributed by atoms with Gasteiger partial charge in [0.05, 0.1) is 11.7 Å². The standard InChI is InChI=1S/C6H10N4/c1-10-4-6(8-9-10)5-2-3-7-5/h4-5,7H,2-3H2,1H3. The van der Waals surface area contributed by atoms with E-state index < -0.39 is 0 Å². The summed E-state index contributed by atoms with van der Waals surface area (Å²) in [5.41, 5.74) is 1.06. The van der Waals surface area contributed by atoms with E-state index >= 15 is 0 Å². The molecule has 4 heteroatoms. The van der Waals surface area contributed by atoms with Crippen LogP contribution in [0.4, 0.5) is 0 Å². The minimum atomic E-state index is 0.466. The van der Waals surface area contributed by atoms with Crippen molar-refractivity contribution in [1.29, 1.82) is 0 Å². The van der Waals surface area contributed by atoms with Crippen LogP contribution in [0.5, 0.6) is 0 Å². The highest BCUT2D eigenvalue weighted by molar-refractivity contribution is 5.04. The molecular weight excluding hydrogens is 128 g/mol. The van der Waals surface area contributed by atoms with Gasteiger partial charge in [0.25, 0.3) is 0 Å². The molecule has 1 saturated heterocycles. The van der Waals surface area contributed by atoms with Gasteiger partial charge in [-0.3, -0.25) is 4.68 Å². The molecule has 1 aromatic rings. The highest BCUT2D eigenvalue weighted by atomic mass is 15.4. The maximum absolute atomic E-state index is 3.99. The Morgan fingerprint density at radius 3 is 3.00 bits per heavy atom. The van der Waals surface area contributed by atoms with Gasteiger partial charge in [0.15, 0.2) is 0 Å². The summed E-state index contributed by atoms with van der Waals surface area (Å²) in [6.07, 6.45) is 3.15. The van der Waals surface area contributed by atoms with Crippen molar-refractivity contribution < 1.29 is 0 Å². The monoisotopic (exact) mass is 138 g/mol. The highest BCUT2D eigenvalue weighted by Crippen LogP contribution is 2.19. The van der Waals surface area contributed by atoms with Crippen molar-refractivity contribution in [3.8, 4) is 0 Å². The van der Waals surface area contributed by atoms with E-state index in [1.165, 1.54) is 6.42 Å². The zero-order valence-electron chi connectivity index (χ0n) is 5.91. The van der Waals surface area contributed by atoms with Crippen molar-refractivity contribution in [3.63, 3.8) is 0 Å². The SMILES string of the molecule is Cn1cc(C2CCN2)nn1. The molecule has 1 atom stereocenters. The lowest BCUT2D eigenvalue weighted by atomic mass is 10.1. The minimum Gasteiger partial charge on any atom is -0.308 e. The molecule has 1 aromatic heterocycles. The van der Waals surface area contributed by atoms with Crippen molar-refractivity contribution in [3.05, 3.63) is 11.9 Å². The van der Waals surface area contributed by atoms with Gasteiger partial charge in [0.1, 0.15) is 0 Å². The van der Waals surface area contributed by atoms with E-state index in [4.69, 9.17) is 0 Å². The Morgan fingerprint density at radius 1 is 1.80 bits per heavy atom. The quantitative estimate of drug-likeness (QED) is 0.587. The fraction of sp³-hybridized carbons (Fsp3) is 0.667. The van der Waals surface area contributed by atoms with Gasteiger partial charge in [0, 0.05) is 13.2 Å². The topological polar surface area (TPSA) is 42.7 Å². The first-order chi connectivity index (χ1) is 4.86. The zero-order valence-corrected chi connectivity index (χ0v) is 5.91. The molecule has 1 unspecified atom stereocenters. The van der Waals surface area contributed by atoms with Crippen LogP contribution in [-0.2, 0) is 7.05 Å². The van der Waals surface area contributed by atoms with Crippen LogP contribution in [0.15, 0.2) is 6.20 Å². The van der Waals surface area contributed by atoms with Crippen LogP contribution in [-0.4, -0.2) is 21.5 Å². The van der Waals surface area contributed by atoms with Crippen LogP contribution >= 0.6 is 0 Å². The van der Waals surface area contributed by atoms with Crippen LogP contribution in [0.25, 0.3) is 0 Å². The average molecular weight is 138 g/mol. The van der Waals surface area contributed by atoms with Crippen molar-refractivity contribution >= 4 is 0 Å². The first kappa shape index (κ1) is 5.85. The predicted octanol–water partition coefficient (Wildman–Crippen LogP) is -0.151. The minimum absolute atomic E-state index is 0.466. The molecule has 10 heavy (non-hydrogen) atoms. The van der Waals surface area contributed by atoms with Gasteiger partial charge in [-0.15, -0.1) is 5.10 Å². The van der Waals surface area contributed by atoms with E-state index in [2.05, 4.69) is 15.6 Å². The highest BCUT2D eigenvalue weighted by Gasteiger charge is 2.20. The lowest BCUT2D eigenvalue weighted by Crippen LogP contribution is -2.35. The summed E-state index contributed by atoms with van der Waals surface area (Å²) in [4.78, 5) is 0. The molecule has 0 spiro atoms. The first-order valence-corrected chi connectivity index (χ1v) is 3.46. The van der Waals surface area contributed by atoms with E-state index in [-0.39, 0.29) is 0 Å². The second-order valence-electron chi connectivity index (χ2n) is 2.61. The van der Waals surface area contributed by atoms with Crippen molar-refractivity contribution in [2.24, 2.45) is 7.05 Å². The van der Waals surface area contributed by atoms with Gasteiger partial charge >= 0.3 is 0 Å². The van der Waals surface area contributed by atoms with E-state index in [9.17, 15) is 0 Å². The Labute approximate surface area is 59.2 Å². The van der Waals surface area contributed by atoms with Crippen molar-refractivity contribution in [2.45, 2.75) is 12.5 Å². The lowest BCUT2D eigenvalue weighted by Gasteiger charge is -2.24. The molecule has 0 amide bonds. The number of hydrogen-bond donors (Lipinski definition) is 1. The fourth-order valence-corrected chi connectivity index (χ4v) is 1.07. The van der Waals surface area contributed by atoms with Crippen molar-refractivity contribution in [1.82, 2.24) is 20.3 Å². The van der Waals surface area contributed by atoms with Gasteiger partial charge in [0.2, 0.25) is 0 Å². The summed E-state index contributed by atoms with van der Waals surface area (Å²) in [6.45, 7) is 1.11. The number of aryl methyl sites for hydroxylation is 1. The molecule has 1 aliphatic heterocycles. The third kappa shape index (κ3) is 0.806. The molecule has 2 heterocycles. The smallest absolute Gasteiger partial charge is 0.0996 e. The number of nitrogens with one attached hydrogen (secondary N) is 1. The molecule has 0 aliphatic carbocycles. The van der Waals surface area contributed by atoms with Gasteiger partial charge in [-0.1, -0.05) is 5.21 Å². The summed E-state index contributed by atoms with van der Waals surface area (Å²) in [6, 6.07) is 0.466. The molecule has 1 N–H and O–H groups in total. The largest absolute Gasteiger partial charge is 0.308 e. The van der Waals surface area contributed by atoms with E-state index in [0.29, 0.717) is 6.04 Å². The Bertz CT molecular complexity index is 225. The maximum Gasteiger partial charge on any atom is 0.0996 e. The summed E-state index contributed by atoms with van der Waals surface area (Å²) in [7, 11) is 1.88. The molecule has 4 nitrogen and oxygen atoms in total. The predicted molar refractivity (Wildman–Crippen MR) is 36.4 cm³/mol. The van der Waals surface area contributed by atoms with Crippen LogP contribution in [0.1, 0.15) is 18.2 Å². The molecule has 0 aromatic carbocycles. The molecular formula is C6H10N4. The number of aromatic nitrogens is 3. The third-order valence-electron chi connectivity index (χ3n) is 1.80. The normalized spacial score (nSPS) is 24.3. The Kier molecular flexibility index (Phi) is 1.20. The lowest BCUT2D eigenvalue weighted by molar-refractivity contribution is 0.375. The van der Waals surface area contributed by atoms with Gasteiger partial charge < -0.3 is 5.32 Å². The molecule has 2 rings (SSSR count). The summed E-state index contributed by atoms with van der Waals surface area (Å²) < 4.78 is 1.73. The Hall–Kier alpha value is -0.900. The molecule has 1 aliphatic rings. The maximum atomic E-state index is 3.99. The number of hydrogen-bond acceptors (Lipinski definition) is 3. The molecule has 1 fully saturated rings. The van der Waals surface area contributed by atoms with Gasteiger partial charge in [-0.05, 0) is 13.0 Å². The second-order valence-corrected chi connectivity index (χ2v) is 2.61. The third-order valence-corrected chi connectivity index (χ3v) is 1.80. The van der Waals surface area contributed by atoms with E-state index in [0.717, 1.165) is 12.2 Å². The summed E-state index contributed by atoms with van der Waals surface area (Å²) in [5, 5.41) is 11.1. The van der Waals surface area contributed by atoms with Crippen LogP contribution in [0, 0.1) is 0 Å². The second kappa shape index (κ2) is 2.05. The fourth-order valence-electron chi connectivity index (χ4n) is 1.07. The van der Waals surface area contributed by atoms with Crippen LogP contribution < -0.4 is 5.32 Å². The van der Waals surface area contributed by atoms with Crippen LogP contribution in [0.3, 0.4) is 0 Å². The summed E-state index contributed by atoms with van der Waals surface area (Å²) >= 11 is 0. The van der Waals surface area contributed by atoms with Crippen molar-refractivity contribution in [2.75, 3.05) is 6.54 Å². The number of rotatable bonds is 1. The number of nitrogens with zero attached hydrogens (tertiary/aromatic N) is 3. The van der Waals surface area contributed by atoms with Crippen LogP contribution in [0.2, 0.25) is 0 Å². The first-order valence-electron chi connectivity index (χ1n) is 3.46. The molecule has 0 radical (unpaired) electrons. The van der Waals surface area contributed by atoms with Gasteiger partial charge in [-0.25, -0.2) is 0 Å². The summed E-state index contributed by atoms with van der Waals surface area (Å²) in [5.74, 6) is 0. The average Bonchev–Trinajstić information content (AvgIpc) is 2.10. The molecule has 0 bridgehead atoms. The Morgan fingerprint density at radius 2 is 2.60 bits per heavy atom. The Balaban J connectivity index is 2.17. The molecule has 54 valence electrons. The van der Waals surface area contributed by atoms with Gasteiger partial charge in [-0.2, -0.15) is 0 Å².